The van der Waals surface area contributed by atoms with Gasteiger partial charge in [0, 0.05) is 11.1 Å². The first-order valence-corrected chi connectivity index (χ1v) is 7.24. The standard InChI is InChI=1S/C13H17N3O3S/c1-7-6-20-11(14-7)8(2)15-13(19)16-10-4-3-9(5-10)12(17)18/h3-4,6,8-10H,5H2,1-2H3,(H,17,18)(H2,15,16,19). The van der Waals surface area contributed by atoms with E-state index < -0.39 is 11.9 Å². The molecule has 1 aliphatic rings. The highest BCUT2D eigenvalue weighted by Crippen LogP contribution is 2.19. The van der Waals surface area contributed by atoms with Crippen LogP contribution >= 0.6 is 11.3 Å². The highest BCUT2D eigenvalue weighted by Gasteiger charge is 2.25. The second kappa shape index (κ2) is 6.04. The Bertz CT molecular complexity index is 541. The van der Waals surface area contributed by atoms with Crippen LogP contribution in [0, 0.1) is 12.8 Å². The highest BCUT2D eigenvalue weighted by atomic mass is 32.1. The van der Waals surface area contributed by atoms with Crippen molar-refractivity contribution in [1.82, 2.24) is 15.6 Å². The number of thiazole rings is 1. The molecule has 3 N–H and O–H groups in total. The zero-order chi connectivity index (χ0) is 14.7. The molecule has 2 rings (SSSR count). The van der Waals surface area contributed by atoms with Gasteiger partial charge in [-0.1, -0.05) is 12.2 Å². The molecule has 0 aliphatic heterocycles. The number of urea groups is 1. The van der Waals surface area contributed by atoms with Crippen LogP contribution in [0.1, 0.15) is 30.1 Å². The van der Waals surface area contributed by atoms with E-state index in [9.17, 15) is 9.59 Å². The van der Waals surface area contributed by atoms with Gasteiger partial charge in [-0.05, 0) is 20.3 Å². The first-order chi connectivity index (χ1) is 9.45. The summed E-state index contributed by atoms with van der Waals surface area (Å²) in [7, 11) is 0. The second-order valence-corrected chi connectivity index (χ2v) is 5.73. The quantitative estimate of drug-likeness (QED) is 0.739. The highest BCUT2D eigenvalue weighted by molar-refractivity contribution is 7.09. The van der Waals surface area contributed by atoms with E-state index in [-0.39, 0.29) is 18.1 Å². The zero-order valence-electron chi connectivity index (χ0n) is 11.3. The van der Waals surface area contributed by atoms with Gasteiger partial charge in [0.2, 0.25) is 0 Å². The van der Waals surface area contributed by atoms with Crippen LogP contribution in [0.15, 0.2) is 17.5 Å². The number of aliphatic carboxylic acids is 1. The van der Waals surface area contributed by atoms with E-state index in [0.717, 1.165) is 10.7 Å². The van der Waals surface area contributed by atoms with E-state index in [2.05, 4.69) is 15.6 Å². The average molecular weight is 295 g/mol. The van der Waals surface area contributed by atoms with Crippen LogP contribution in [0.2, 0.25) is 0 Å². The molecule has 0 radical (unpaired) electrons. The predicted octanol–water partition coefficient (Wildman–Crippen LogP) is 1.84. The molecule has 0 bridgehead atoms. The summed E-state index contributed by atoms with van der Waals surface area (Å²) in [5.74, 6) is -1.38. The number of amides is 2. The molecular formula is C13H17N3O3S. The van der Waals surface area contributed by atoms with Crippen molar-refractivity contribution < 1.29 is 14.7 Å². The summed E-state index contributed by atoms with van der Waals surface area (Å²) in [6.07, 6.45) is 3.73. The van der Waals surface area contributed by atoms with Gasteiger partial charge in [0.05, 0.1) is 18.0 Å². The molecule has 20 heavy (non-hydrogen) atoms. The van der Waals surface area contributed by atoms with Gasteiger partial charge < -0.3 is 15.7 Å². The third-order valence-corrected chi connectivity index (χ3v) is 4.22. The fraction of sp³-hybridized carbons (Fsp3) is 0.462. The number of rotatable bonds is 4. The molecule has 0 aromatic carbocycles. The van der Waals surface area contributed by atoms with Gasteiger partial charge in [0.25, 0.3) is 0 Å². The van der Waals surface area contributed by atoms with Gasteiger partial charge in [-0.3, -0.25) is 4.79 Å². The smallest absolute Gasteiger partial charge is 0.315 e. The number of carbonyl (C=O) groups is 2. The topological polar surface area (TPSA) is 91.3 Å². The van der Waals surface area contributed by atoms with Crippen molar-refractivity contribution in [2.75, 3.05) is 0 Å². The van der Waals surface area contributed by atoms with Gasteiger partial charge in [0.15, 0.2) is 0 Å². The van der Waals surface area contributed by atoms with Crippen LogP contribution < -0.4 is 10.6 Å². The van der Waals surface area contributed by atoms with Gasteiger partial charge >= 0.3 is 12.0 Å². The van der Waals surface area contributed by atoms with Gasteiger partial charge in [-0.2, -0.15) is 0 Å². The zero-order valence-corrected chi connectivity index (χ0v) is 12.1. The fourth-order valence-electron chi connectivity index (χ4n) is 2.03. The normalized spacial score (nSPS) is 22.5. The van der Waals surface area contributed by atoms with Crippen molar-refractivity contribution in [3.05, 3.63) is 28.2 Å². The van der Waals surface area contributed by atoms with E-state index in [1.165, 1.54) is 11.3 Å². The lowest BCUT2D eigenvalue weighted by atomic mass is 10.1. The third kappa shape index (κ3) is 3.57. The minimum absolute atomic E-state index is 0.172. The summed E-state index contributed by atoms with van der Waals surface area (Å²) >= 11 is 1.50. The predicted molar refractivity (Wildman–Crippen MR) is 75.6 cm³/mol. The monoisotopic (exact) mass is 295 g/mol. The molecule has 0 fully saturated rings. The summed E-state index contributed by atoms with van der Waals surface area (Å²) in [6, 6.07) is -0.721. The number of carboxylic acids is 1. The lowest BCUT2D eigenvalue weighted by Crippen LogP contribution is -2.42. The molecule has 1 aromatic rings. The minimum atomic E-state index is -0.863. The first-order valence-electron chi connectivity index (χ1n) is 6.36. The molecule has 2 amide bonds. The first kappa shape index (κ1) is 14.5. The van der Waals surface area contributed by atoms with E-state index in [1.807, 2.05) is 19.2 Å². The van der Waals surface area contributed by atoms with Crippen molar-refractivity contribution in [2.24, 2.45) is 5.92 Å². The van der Waals surface area contributed by atoms with E-state index in [4.69, 9.17) is 5.11 Å². The van der Waals surface area contributed by atoms with Crippen LogP contribution in [-0.4, -0.2) is 28.1 Å². The summed E-state index contributed by atoms with van der Waals surface area (Å²) < 4.78 is 0. The Morgan fingerprint density at radius 2 is 2.25 bits per heavy atom. The summed E-state index contributed by atoms with van der Waals surface area (Å²) in [6.45, 7) is 3.77. The summed E-state index contributed by atoms with van der Waals surface area (Å²) in [4.78, 5) is 27.0. The van der Waals surface area contributed by atoms with Crippen LogP contribution in [0.3, 0.4) is 0 Å². The number of aryl methyl sites for hydroxylation is 1. The van der Waals surface area contributed by atoms with Crippen LogP contribution in [0.4, 0.5) is 4.79 Å². The number of nitrogens with one attached hydrogen (secondary N) is 2. The molecule has 3 unspecified atom stereocenters. The van der Waals surface area contributed by atoms with Gasteiger partial charge in [-0.25, -0.2) is 9.78 Å². The van der Waals surface area contributed by atoms with Crippen molar-refractivity contribution in [1.29, 1.82) is 0 Å². The lowest BCUT2D eigenvalue weighted by molar-refractivity contribution is -0.140. The molecule has 108 valence electrons. The van der Waals surface area contributed by atoms with E-state index in [1.54, 1.807) is 12.2 Å². The maximum absolute atomic E-state index is 11.8. The lowest BCUT2D eigenvalue weighted by Gasteiger charge is -2.16. The van der Waals surface area contributed by atoms with Gasteiger partial charge in [-0.15, -0.1) is 11.3 Å². The van der Waals surface area contributed by atoms with Crippen molar-refractivity contribution in [3.8, 4) is 0 Å². The van der Waals surface area contributed by atoms with E-state index >= 15 is 0 Å². The molecule has 1 aliphatic carbocycles. The Labute approximate surface area is 120 Å². The summed E-state index contributed by atoms with van der Waals surface area (Å²) in [5.41, 5.74) is 0.932. The molecule has 1 heterocycles. The van der Waals surface area contributed by atoms with Crippen LogP contribution in [0.5, 0.6) is 0 Å². The molecule has 7 heteroatoms. The Morgan fingerprint density at radius 1 is 1.50 bits per heavy atom. The molecule has 0 saturated heterocycles. The number of carboxylic acid groups (broad SMARTS) is 1. The number of hydrogen-bond acceptors (Lipinski definition) is 4. The Balaban J connectivity index is 1.82. The molecule has 6 nitrogen and oxygen atoms in total. The van der Waals surface area contributed by atoms with Crippen LogP contribution in [0.25, 0.3) is 0 Å². The SMILES string of the molecule is Cc1csc(C(C)NC(=O)NC2C=CC(C(=O)O)C2)n1. The van der Waals surface area contributed by atoms with Crippen LogP contribution in [-0.2, 0) is 4.79 Å². The molecule has 0 saturated carbocycles. The Hall–Kier alpha value is -1.89. The number of nitrogens with zero attached hydrogens (tertiary/aromatic N) is 1. The summed E-state index contributed by atoms with van der Waals surface area (Å²) in [5, 5.41) is 17.2. The van der Waals surface area contributed by atoms with Gasteiger partial charge in [0.1, 0.15) is 5.01 Å². The third-order valence-electron chi connectivity index (χ3n) is 3.07. The van der Waals surface area contributed by atoms with E-state index in [0.29, 0.717) is 6.42 Å². The maximum Gasteiger partial charge on any atom is 0.315 e. The fourth-order valence-corrected chi connectivity index (χ4v) is 2.83. The number of aromatic nitrogens is 1. The molecule has 0 spiro atoms. The minimum Gasteiger partial charge on any atom is -0.481 e. The maximum atomic E-state index is 11.8. The molecular weight excluding hydrogens is 278 g/mol. The Kier molecular flexibility index (Phi) is 4.39. The Morgan fingerprint density at radius 3 is 2.80 bits per heavy atom. The molecule has 3 atom stereocenters. The molecule has 1 aromatic heterocycles. The number of carbonyl (C=O) groups excluding carboxylic acids is 1. The second-order valence-electron chi connectivity index (χ2n) is 4.84. The van der Waals surface area contributed by atoms with Crippen molar-refractivity contribution >= 4 is 23.3 Å². The van der Waals surface area contributed by atoms with Crippen molar-refractivity contribution in [3.63, 3.8) is 0 Å². The largest absolute Gasteiger partial charge is 0.481 e. The van der Waals surface area contributed by atoms with Crippen molar-refractivity contribution in [2.45, 2.75) is 32.4 Å². The average Bonchev–Trinajstić information content (AvgIpc) is 2.98. The number of hydrogen-bond donors (Lipinski definition) is 3.